The molecule has 0 radical (unpaired) electrons. The maximum atomic E-state index is 13.1. The summed E-state index contributed by atoms with van der Waals surface area (Å²) in [6.45, 7) is 0.596. The van der Waals surface area contributed by atoms with Gasteiger partial charge in [-0.25, -0.2) is 4.39 Å². The zero-order chi connectivity index (χ0) is 16.9. The number of β-amino-alcohol motifs (C(OH)–C–C–N with tert-alkyl or cyclic N) is 1. The van der Waals surface area contributed by atoms with Gasteiger partial charge in [-0.1, -0.05) is 42.5 Å². The van der Waals surface area contributed by atoms with E-state index in [9.17, 15) is 14.3 Å². The molecule has 0 spiro atoms. The quantitative estimate of drug-likeness (QED) is 0.917. The summed E-state index contributed by atoms with van der Waals surface area (Å²) >= 11 is 0. The third-order valence-electron chi connectivity index (χ3n) is 4.19. The van der Waals surface area contributed by atoms with Crippen LogP contribution in [0.25, 0.3) is 0 Å². The van der Waals surface area contributed by atoms with Gasteiger partial charge in [-0.2, -0.15) is 0 Å². The van der Waals surface area contributed by atoms with E-state index in [1.54, 1.807) is 17.0 Å². The Morgan fingerprint density at radius 3 is 2.58 bits per heavy atom. The van der Waals surface area contributed by atoms with Gasteiger partial charge in [-0.05, 0) is 29.7 Å². The number of aliphatic hydroxyl groups excluding tert-OH is 1. The average molecular weight is 329 g/mol. The second-order valence-corrected chi connectivity index (χ2v) is 5.98. The van der Waals surface area contributed by atoms with Crippen molar-refractivity contribution >= 4 is 5.91 Å². The maximum Gasteiger partial charge on any atom is 0.249 e. The fourth-order valence-electron chi connectivity index (χ4n) is 3.00. The van der Waals surface area contributed by atoms with Gasteiger partial charge in [0, 0.05) is 6.54 Å². The number of benzene rings is 2. The Labute approximate surface area is 140 Å². The molecule has 1 fully saturated rings. The molecule has 5 heteroatoms. The fourth-order valence-corrected chi connectivity index (χ4v) is 3.00. The molecule has 2 aromatic rings. The highest BCUT2D eigenvalue weighted by Gasteiger charge is 2.35. The smallest absolute Gasteiger partial charge is 0.249 e. The SMILES string of the molecule is O=C(COCc1ccccc1)N1C[C@H](O)C[C@H]1c1ccc(F)cc1. The van der Waals surface area contributed by atoms with Crippen LogP contribution in [-0.2, 0) is 16.1 Å². The third-order valence-corrected chi connectivity index (χ3v) is 4.19. The Morgan fingerprint density at radius 1 is 1.17 bits per heavy atom. The van der Waals surface area contributed by atoms with Crippen molar-refractivity contribution in [2.45, 2.75) is 25.2 Å². The molecule has 1 aliphatic rings. The van der Waals surface area contributed by atoms with Crippen LogP contribution in [0, 0.1) is 5.82 Å². The van der Waals surface area contributed by atoms with Gasteiger partial charge in [0.05, 0.1) is 18.8 Å². The molecule has 1 aliphatic heterocycles. The standard InChI is InChI=1S/C19H20FNO3/c20-16-8-6-15(7-9-16)18-10-17(22)11-21(18)19(23)13-24-12-14-4-2-1-3-5-14/h1-9,17-18,22H,10-13H2/t17-,18+/m1/s1. The van der Waals surface area contributed by atoms with Crippen molar-refractivity contribution in [1.29, 1.82) is 0 Å². The lowest BCUT2D eigenvalue weighted by Crippen LogP contribution is -2.34. The van der Waals surface area contributed by atoms with Crippen LogP contribution in [0.15, 0.2) is 54.6 Å². The summed E-state index contributed by atoms with van der Waals surface area (Å²) in [5.41, 5.74) is 1.83. The Kier molecular flexibility index (Phi) is 5.23. The molecule has 1 heterocycles. The summed E-state index contributed by atoms with van der Waals surface area (Å²) in [6, 6.07) is 15.4. The molecule has 4 nitrogen and oxygen atoms in total. The van der Waals surface area contributed by atoms with Crippen molar-refractivity contribution in [3.05, 3.63) is 71.5 Å². The van der Waals surface area contributed by atoms with Crippen LogP contribution >= 0.6 is 0 Å². The van der Waals surface area contributed by atoms with Crippen molar-refractivity contribution in [2.75, 3.05) is 13.2 Å². The molecule has 126 valence electrons. The number of halogens is 1. The normalized spacial score (nSPS) is 20.3. The third kappa shape index (κ3) is 3.99. The number of carbonyl (C=O) groups is 1. The summed E-state index contributed by atoms with van der Waals surface area (Å²) < 4.78 is 18.6. The molecule has 1 amide bonds. The van der Waals surface area contributed by atoms with E-state index in [1.165, 1.54) is 12.1 Å². The number of rotatable bonds is 5. The van der Waals surface area contributed by atoms with Crippen molar-refractivity contribution < 1.29 is 19.0 Å². The van der Waals surface area contributed by atoms with Gasteiger partial charge in [0.15, 0.2) is 0 Å². The lowest BCUT2D eigenvalue weighted by Gasteiger charge is -2.24. The monoisotopic (exact) mass is 329 g/mol. The van der Waals surface area contributed by atoms with Gasteiger partial charge in [-0.3, -0.25) is 4.79 Å². The Balaban J connectivity index is 1.60. The number of carbonyl (C=O) groups excluding carboxylic acids is 1. The highest BCUT2D eigenvalue weighted by atomic mass is 19.1. The summed E-state index contributed by atoms with van der Waals surface area (Å²) in [5, 5.41) is 9.93. The number of hydrogen-bond donors (Lipinski definition) is 1. The first-order valence-corrected chi connectivity index (χ1v) is 7.98. The van der Waals surface area contributed by atoms with Crippen molar-refractivity contribution in [1.82, 2.24) is 4.90 Å². The molecule has 1 N–H and O–H groups in total. The van der Waals surface area contributed by atoms with Gasteiger partial charge in [0.2, 0.25) is 5.91 Å². The minimum absolute atomic E-state index is 0.0424. The zero-order valence-electron chi connectivity index (χ0n) is 13.3. The summed E-state index contributed by atoms with van der Waals surface area (Å²) in [4.78, 5) is 14.1. The van der Waals surface area contributed by atoms with Crippen LogP contribution in [0.5, 0.6) is 0 Å². The van der Waals surface area contributed by atoms with E-state index < -0.39 is 6.10 Å². The molecule has 0 aliphatic carbocycles. The van der Waals surface area contributed by atoms with E-state index in [4.69, 9.17) is 4.74 Å². The van der Waals surface area contributed by atoms with Crippen LogP contribution in [0.2, 0.25) is 0 Å². The molecule has 0 unspecified atom stereocenters. The number of nitrogens with zero attached hydrogens (tertiary/aromatic N) is 1. The van der Waals surface area contributed by atoms with Crippen LogP contribution in [0.4, 0.5) is 4.39 Å². The topological polar surface area (TPSA) is 49.8 Å². The van der Waals surface area contributed by atoms with Gasteiger partial charge in [0.1, 0.15) is 12.4 Å². The van der Waals surface area contributed by atoms with E-state index in [1.807, 2.05) is 30.3 Å². The van der Waals surface area contributed by atoms with Crippen LogP contribution in [-0.4, -0.2) is 35.2 Å². The predicted molar refractivity (Wildman–Crippen MR) is 87.6 cm³/mol. The first kappa shape index (κ1) is 16.6. The highest BCUT2D eigenvalue weighted by molar-refractivity contribution is 5.78. The van der Waals surface area contributed by atoms with Gasteiger partial charge < -0.3 is 14.7 Å². The largest absolute Gasteiger partial charge is 0.391 e. The molecule has 2 atom stereocenters. The van der Waals surface area contributed by atoms with Crippen molar-refractivity contribution in [3.8, 4) is 0 Å². The minimum Gasteiger partial charge on any atom is -0.391 e. The molecule has 0 saturated carbocycles. The highest BCUT2D eigenvalue weighted by Crippen LogP contribution is 2.32. The summed E-state index contributed by atoms with van der Waals surface area (Å²) in [5.74, 6) is -0.488. The van der Waals surface area contributed by atoms with E-state index >= 15 is 0 Å². The maximum absolute atomic E-state index is 13.1. The minimum atomic E-state index is -0.571. The number of amides is 1. The molecular formula is C19H20FNO3. The van der Waals surface area contributed by atoms with Crippen molar-refractivity contribution in [2.24, 2.45) is 0 Å². The second kappa shape index (κ2) is 7.55. The van der Waals surface area contributed by atoms with Crippen molar-refractivity contribution in [3.63, 3.8) is 0 Å². The molecule has 0 aromatic heterocycles. The second-order valence-electron chi connectivity index (χ2n) is 5.98. The van der Waals surface area contributed by atoms with Gasteiger partial charge in [-0.15, -0.1) is 0 Å². The number of ether oxygens (including phenoxy) is 1. The summed E-state index contributed by atoms with van der Waals surface area (Å²) in [6.07, 6.45) is -0.117. The Morgan fingerprint density at radius 2 is 1.88 bits per heavy atom. The Bertz CT molecular complexity index is 675. The lowest BCUT2D eigenvalue weighted by molar-refractivity contribution is -0.137. The van der Waals surface area contributed by atoms with Crippen LogP contribution in [0.3, 0.4) is 0 Å². The fraction of sp³-hybridized carbons (Fsp3) is 0.316. The first-order chi connectivity index (χ1) is 11.6. The molecule has 2 aromatic carbocycles. The molecule has 1 saturated heterocycles. The van der Waals surface area contributed by atoms with E-state index in [0.29, 0.717) is 13.0 Å². The number of aliphatic hydroxyl groups is 1. The lowest BCUT2D eigenvalue weighted by atomic mass is 10.0. The van der Waals surface area contributed by atoms with Gasteiger partial charge in [0.25, 0.3) is 0 Å². The molecular weight excluding hydrogens is 309 g/mol. The number of hydrogen-bond acceptors (Lipinski definition) is 3. The predicted octanol–water partition coefficient (Wildman–Crippen LogP) is 2.68. The average Bonchev–Trinajstić information content (AvgIpc) is 2.98. The van der Waals surface area contributed by atoms with E-state index in [0.717, 1.165) is 11.1 Å². The number of likely N-dealkylation sites (tertiary alicyclic amines) is 1. The van der Waals surface area contributed by atoms with E-state index in [-0.39, 0.29) is 30.9 Å². The van der Waals surface area contributed by atoms with Gasteiger partial charge >= 0.3 is 0 Å². The van der Waals surface area contributed by atoms with Crippen LogP contribution in [0.1, 0.15) is 23.6 Å². The first-order valence-electron chi connectivity index (χ1n) is 7.98. The zero-order valence-corrected chi connectivity index (χ0v) is 13.3. The van der Waals surface area contributed by atoms with Crippen LogP contribution < -0.4 is 0 Å². The molecule has 0 bridgehead atoms. The van der Waals surface area contributed by atoms with E-state index in [2.05, 4.69) is 0 Å². The summed E-state index contributed by atoms with van der Waals surface area (Å²) in [7, 11) is 0. The Hall–Kier alpha value is -2.24. The molecule has 3 rings (SSSR count). The molecule has 24 heavy (non-hydrogen) atoms.